The van der Waals surface area contributed by atoms with Crippen LogP contribution in [0.4, 0.5) is 0 Å². The summed E-state index contributed by atoms with van der Waals surface area (Å²) >= 11 is 0. The van der Waals surface area contributed by atoms with Gasteiger partial charge in [-0.15, -0.1) is 0 Å². The third kappa shape index (κ3) is 2.77. The van der Waals surface area contributed by atoms with Gasteiger partial charge in [-0.25, -0.2) is 4.98 Å². The molecule has 0 aliphatic heterocycles. The maximum absolute atomic E-state index is 5.59. The first-order chi connectivity index (χ1) is 11.7. The Kier molecular flexibility index (Phi) is 4.83. The van der Waals surface area contributed by atoms with Crippen LogP contribution in [0.15, 0.2) is 36.4 Å². The van der Waals surface area contributed by atoms with Crippen molar-refractivity contribution in [2.45, 2.75) is 12.7 Å². The van der Waals surface area contributed by atoms with Gasteiger partial charge in [0.15, 0.2) is 6.29 Å². The first-order valence-electron chi connectivity index (χ1n) is 7.71. The van der Waals surface area contributed by atoms with Crippen molar-refractivity contribution in [2.24, 2.45) is 0 Å². The third-order valence-electron chi connectivity index (χ3n) is 4.20. The van der Waals surface area contributed by atoms with Gasteiger partial charge in [0.05, 0.1) is 25.1 Å². The highest BCUT2D eigenvalue weighted by Gasteiger charge is 2.19. The Morgan fingerprint density at radius 2 is 1.54 bits per heavy atom. The Morgan fingerprint density at radius 3 is 2.21 bits per heavy atom. The average Bonchev–Trinajstić information content (AvgIpc) is 2.64. The second kappa shape index (κ2) is 7.03. The Hall–Kier alpha value is -2.37. The van der Waals surface area contributed by atoms with Gasteiger partial charge < -0.3 is 18.9 Å². The van der Waals surface area contributed by atoms with Crippen molar-refractivity contribution in [3.8, 4) is 11.5 Å². The monoisotopic (exact) mass is 327 g/mol. The fourth-order valence-electron chi connectivity index (χ4n) is 3.01. The Labute approximate surface area is 141 Å². The minimum Gasteiger partial charge on any atom is -0.496 e. The van der Waals surface area contributed by atoms with Crippen LogP contribution in [-0.4, -0.2) is 39.7 Å². The second-order valence-corrected chi connectivity index (χ2v) is 5.41. The Bertz CT molecular complexity index is 859. The number of hydrogen-bond donors (Lipinski definition) is 0. The summed E-state index contributed by atoms with van der Waals surface area (Å²) in [6.45, 7) is 0. The molecule has 2 aromatic carbocycles. The van der Waals surface area contributed by atoms with Crippen molar-refractivity contribution in [2.75, 3.05) is 28.4 Å². The summed E-state index contributed by atoms with van der Waals surface area (Å²) in [5.41, 5.74) is 2.74. The fourth-order valence-corrected chi connectivity index (χ4v) is 3.01. The molecule has 0 spiro atoms. The molecular weight excluding hydrogens is 306 g/mol. The van der Waals surface area contributed by atoms with Crippen LogP contribution >= 0.6 is 0 Å². The van der Waals surface area contributed by atoms with Crippen molar-refractivity contribution in [3.63, 3.8) is 0 Å². The number of para-hydroxylation sites is 1. The van der Waals surface area contributed by atoms with Crippen LogP contribution in [0.1, 0.15) is 5.56 Å². The van der Waals surface area contributed by atoms with E-state index in [0.29, 0.717) is 12.2 Å². The van der Waals surface area contributed by atoms with Gasteiger partial charge in [0.2, 0.25) is 0 Å². The molecule has 126 valence electrons. The number of methoxy groups -OCH3 is 4. The van der Waals surface area contributed by atoms with Gasteiger partial charge in [-0.1, -0.05) is 18.2 Å². The number of fused-ring (bicyclic) bond motifs is 2. The molecule has 3 aromatic rings. The van der Waals surface area contributed by atoms with E-state index >= 15 is 0 Å². The van der Waals surface area contributed by atoms with Crippen LogP contribution in [0.2, 0.25) is 0 Å². The molecule has 0 radical (unpaired) electrons. The lowest BCUT2D eigenvalue weighted by molar-refractivity contribution is -0.0999. The van der Waals surface area contributed by atoms with Crippen LogP contribution < -0.4 is 9.47 Å². The largest absolute Gasteiger partial charge is 0.496 e. The number of pyridine rings is 1. The minimum absolute atomic E-state index is 0.352. The number of ether oxygens (including phenoxy) is 4. The molecule has 0 aliphatic carbocycles. The maximum atomic E-state index is 5.59. The van der Waals surface area contributed by atoms with E-state index in [9.17, 15) is 0 Å². The zero-order valence-corrected chi connectivity index (χ0v) is 14.3. The van der Waals surface area contributed by atoms with Crippen LogP contribution in [0.3, 0.4) is 0 Å². The zero-order valence-electron chi connectivity index (χ0n) is 14.3. The average molecular weight is 327 g/mol. The maximum Gasteiger partial charge on any atom is 0.160 e. The van der Waals surface area contributed by atoms with Crippen LogP contribution in [0, 0.1) is 0 Å². The lowest BCUT2D eigenvalue weighted by atomic mass is 9.98. The molecule has 0 unspecified atom stereocenters. The summed E-state index contributed by atoms with van der Waals surface area (Å²) in [6.07, 6.45) is 0.227. The summed E-state index contributed by atoms with van der Waals surface area (Å²) in [5, 5.41) is 1.98. The fraction of sp³-hybridized carbons (Fsp3) is 0.316. The Balaban J connectivity index is 2.41. The third-order valence-corrected chi connectivity index (χ3v) is 4.20. The van der Waals surface area contributed by atoms with E-state index < -0.39 is 0 Å². The van der Waals surface area contributed by atoms with Gasteiger partial charge in [-0.05, 0) is 23.8 Å². The highest BCUT2D eigenvalue weighted by Crippen LogP contribution is 2.38. The van der Waals surface area contributed by atoms with E-state index in [1.54, 1.807) is 28.4 Å². The van der Waals surface area contributed by atoms with Crippen molar-refractivity contribution in [1.82, 2.24) is 4.98 Å². The Morgan fingerprint density at radius 1 is 0.875 bits per heavy atom. The van der Waals surface area contributed by atoms with Crippen LogP contribution in [-0.2, 0) is 15.9 Å². The number of rotatable bonds is 6. The molecule has 1 aromatic heterocycles. The SMILES string of the molecule is COc1ccc(OC)c2c(CC(OC)OC)c3ccccc3nc12. The second-order valence-electron chi connectivity index (χ2n) is 5.41. The summed E-state index contributed by atoms with van der Waals surface area (Å²) in [4.78, 5) is 4.79. The van der Waals surface area contributed by atoms with Gasteiger partial charge in [-0.3, -0.25) is 0 Å². The number of benzene rings is 2. The first-order valence-corrected chi connectivity index (χ1v) is 7.71. The topological polar surface area (TPSA) is 49.8 Å². The molecule has 0 saturated heterocycles. The molecule has 0 fully saturated rings. The number of aromatic nitrogens is 1. The van der Waals surface area contributed by atoms with Gasteiger partial charge in [0.25, 0.3) is 0 Å². The molecule has 0 saturated carbocycles. The number of nitrogens with zero attached hydrogens (tertiary/aromatic N) is 1. The van der Waals surface area contributed by atoms with Gasteiger partial charge in [-0.2, -0.15) is 0 Å². The van der Waals surface area contributed by atoms with Crippen molar-refractivity contribution < 1.29 is 18.9 Å². The van der Waals surface area contributed by atoms with Gasteiger partial charge in [0, 0.05) is 26.0 Å². The van der Waals surface area contributed by atoms with Gasteiger partial charge in [0.1, 0.15) is 17.0 Å². The molecular formula is C19H21NO4. The smallest absolute Gasteiger partial charge is 0.160 e. The van der Waals surface area contributed by atoms with E-state index in [4.69, 9.17) is 23.9 Å². The molecule has 3 rings (SSSR count). The van der Waals surface area contributed by atoms with Crippen molar-refractivity contribution >= 4 is 21.8 Å². The normalized spacial score (nSPS) is 11.4. The van der Waals surface area contributed by atoms with E-state index in [-0.39, 0.29) is 6.29 Å². The zero-order chi connectivity index (χ0) is 17.1. The predicted octanol–water partition coefficient (Wildman–Crippen LogP) is 3.57. The van der Waals surface area contributed by atoms with Crippen molar-refractivity contribution in [3.05, 3.63) is 42.0 Å². The molecule has 5 heteroatoms. The first kappa shape index (κ1) is 16.5. The standard InChI is InChI=1S/C19H21NO4/c1-21-15-9-10-16(22-2)19-18(15)13(11-17(23-3)24-4)12-7-5-6-8-14(12)20-19/h5-10,17H,11H2,1-4H3. The molecule has 24 heavy (non-hydrogen) atoms. The highest BCUT2D eigenvalue weighted by atomic mass is 16.7. The molecule has 0 N–H and O–H groups in total. The minimum atomic E-state index is -0.352. The van der Waals surface area contributed by atoms with E-state index in [1.165, 1.54) is 0 Å². The van der Waals surface area contributed by atoms with Crippen LogP contribution in [0.5, 0.6) is 11.5 Å². The molecule has 5 nitrogen and oxygen atoms in total. The van der Waals surface area contributed by atoms with E-state index in [1.807, 2.05) is 30.3 Å². The summed E-state index contributed by atoms with van der Waals surface area (Å²) in [7, 11) is 6.57. The predicted molar refractivity (Wildman–Crippen MR) is 93.9 cm³/mol. The van der Waals surface area contributed by atoms with E-state index in [0.717, 1.165) is 33.1 Å². The lowest BCUT2D eigenvalue weighted by Crippen LogP contribution is -2.17. The summed E-state index contributed by atoms with van der Waals surface area (Å²) < 4.78 is 21.9. The molecule has 0 bridgehead atoms. The highest BCUT2D eigenvalue weighted by molar-refractivity contribution is 6.02. The lowest BCUT2D eigenvalue weighted by Gasteiger charge is -2.19. The summed E-state index contributed by atoms with van der Waals surface area (Å²) in [6, 6.07) is 11.8. The van der Waals surface area contributed by atoms with E-state index in [2.05, 4.69) is 6.07 Å². The molecule has 0 amide bonds. The molecule has 0 atom stereocenters. The summed E-state index contributed by atoms with van der Waals surface area (Å²) in [5.74, 6) is 1.47. The number of hydrogen-bond acceptors (Lipinski definition) is 5. The molecule has 0 aliphatic rings. The molecule has 1 heterocycles. The quantitative estimate of drug-likeness (QED) is 0.512. The van der Waals surface area contributed by atoms with Gasteiger partial charge >= 0.3 is 0 Å². The van der Waals surface area contributed by atoms with Crippen LogP contribution in [0.25, 0.3) is 21.8 Å². The van der Waals surface area contributed by atoms with Crippen molar-refractivity contribution in [1.29, 1.82) is 0 Å².